The number of methoxy groups -OCH3 is 2. The van der Waals surface area contributed by atoms with Crippen molar-refractivity contribution in [2.75, 3.05) is 20.1 Å². The third-order valence-electron chi connectivity index (χ3n) is 2.70. The molecule has 1 unspecified atom stereocenters. The van der Waals surface area contributed by atoms with Gasteiger partial charge >= 0.3 is 0 Å². The van der Waals surface area contributed by atoms with E-state index in [0.717, 1.165) is 18.4 Å². The lowest BCUT2D eigenvalue weighted by Crippen LogP contribution is -2.00. The summed E-state index contributed by atoms with van der Waals surface area (Å²) in [6, 6.07) is 3.45. The predicted molar refractivity (Wildman–Crippen MR) is 74.1 cm³/mol. The Kier molecular flexibility index (Phi) is 6.61. The number of aliphatic hydroxyl groups is 1. The zero-order valence-electron chi connectivity index (χ0n) is 10.6. The first-order chi connectivity index (χ1) is 8.63. The highest BCUT2D eigenvalue weighted by atomic mass is 35.5. The summed E-state index contributed by atoms with van der Waals surface area (Å²) in [5.74, 6) is 1.62. The summed E-state index contributed by atoms with van der Waals surface area (Å²) in [5.41, 5.74) is 0.729. The van der Waals surface area contributed by atoms with Gasteiger partial charge in [0, 0.05) is 5.88 Å². The van der Waals surface area contributed by atoms with E-state index in [-0.39, 0.29) is 0 Å². The Morgan fingerprint density at radius 1 is 1.22 bits per heavy atom. The smallest absolute Gasteiger partial charge is 0.179 e. The lowest BCUT2D eigenvalue weighted by atomic mass is 10.0. The molecular weight excluding hydrogens is 275 g/mol. The SMILES string of the molecule is COc1cc(C(O)CCCCCl)cc(Cl)c1OC. The van der Waals surface area contributed by atoms with E-state index >= 15 is 0 Å². The Balaban J connectivity index is 2.86. The molecule has 18 heavy (non-hydrogen) atoms. The van der Waals surface area contributed by atoms with Gasteiger partial charge in [-0.1, -0.05) is 11.6 Å². The highest BCUT2D eigenvalue weighted by molar-refractivity contribution is 6.32. The standard InChI is InChI=1S/C13H18Cl2O3/c1-17-12-8-9(7-10(15)13(12)18-2)11(16)5-3-4-6-14/h7-8,11,16H,3-6H2,1-2H3. The van der Waals surface area contributed by atoms with Crippen molar-refractivity contribution < 1.29 is 14.6 Å². The lowest BCUT2D eigenvalue weighted by molar-refractivity contribution is 0.164. The van der Waals surface area contributed by atoms with E-state index in [2.05, 4.69) is 0 Å². The number of aliphatic hydroxyl groups excluding tert-OH is 1. The summed E-state index contributed by atoms with van der Waals surface area (Å²) in [6.45, 7) is 0. The molecule has 0 spiro atoms. The largest absolute Gasteiger partial charge is 0.493 e. The van der Waals surface area contributed by atoms with Gasteiger partial charge in [0.15, 0.2) is 11.5 Å². The maximum atomic E-state index is 10.1. The van der Waals surface area contributed by atoms with E-state index in [4.69, 9.17) is 32.7 Å². The van der Waals surface area contributed by atoms with Gasteiger partial charge in [0.05, 0.1) is 25.3 Å². The minimum absolute atomic E-state index is 0.434. The highest BCUT2D eigenvalue weighted by Crippen LogP contribution is 2.38. The van der Waals surface area contributed by atoms with Gasteiger partial charge in [-0.15, -0.1) is 11.6 Å². The topological polar surface area (TPSA) is 38.7 Å². The van der Waals surface area contributed by atoms with Gasteiger partial charge in [0.2, 0.25) is 0 Å². The number of benzene rings is 1. The third-order valence-corrected chi connectivity index (χ3v) is 3.25. The quantitative estimate of drug-likeness (QED) is 0.614. The van der Waals surface area contributed by atoms with E-state index in [9.17, 15) is 5.11 Å². The molecule has 0 fully saturated rings. The molecule has 0 aliphatic carbocycles. The average Bonchev–Trinajstić information content (AvgIpc) is 2.37. The molecule has 0 heterocycles. The second kappa shape index (κ2) is 7.72. The van der Waals surface area contributed by atoms with Gasteiger partial charge in [-0.25, -0.2) is 0 Å². The molecule has 5 heteroatoms. The fourth-order valence-corrected chi connectivity index (χ4v) is 2.21. The van der Waals surface area contributed by atoms with Crippen molar-refractivity contribution in [1.82, 2.24) is 0 Å². The van der Waals surface area contributed by atoms with E-state index in [1.807, 2.05) is 0 Å². The Morgan fingerprint density at radius 3 is 2.50 bits per heavy atom. The molecule has 102 valence electrons. The van der Waals surface area contributed by atoms with Crippen LogP contribution >= 0.6 is 23.2 Å². The maximum absolute atomic E-state index is 10.1. The summed E-state index contributed by atoms with van der Waals surface area (Å²) >= 11 is 11.7. The highest BCUT2D eigenvalue weighted by Gasteiger charge is 2.15. The number of hydrogen-bond donors (Lipinski definition) is 1. The molecule has 0 radical (unpaired) electrons. The first kappa shape index (κ1) is 15.4. The number of alkyl halides is 1. The molecule has 0 amide bonds. The summed E-state index contributed by atoms with van der Waals surface area (Å²) in [6.07, 6.45) is 1.85. The molecule has 1 aromatic carbocycles. The molecule has 0 saturated carbocycles. The fourth-order valence-electron chi connectivity index (χ4n) is 1.73. The molecule has 1 N–H and O–H groups in total. The van der Waals surface area contributed by atoms with Crippen LogP contribution in [0.2, 0.25) is 5.02 Å². The first-order valence-electron chi connectivity index (χ1n) is 5.79. The van der Waals surface area contributed by atoms with Crippen molar-refractivity contribution >= 4 is 23.2 Å². The van der Waals surface area contributed by atoms with Crippen LogP contribution in [0.3, 0.4) is 0 Å². The minimum Gasteiger partial charge on any atom is -0.493 e. The van der Waals surface area contributed by atoms with Gasteiger partial charge in [-0.2, -0.15) is 0 Å². The predicted octanol–water partition coefficient (Wildman–Crippen LogP) is 3.80. The van der Waals surface area contributed by atoms with Gasteiger partial charge in [0.1, 0.15) is 0 Å². The number of rotatable bonds is 7. The van der Waals surface area contributed by atoms with E-state index < -0.39 is 6.10 Å². The van der Waals surface area contributed by atoms with Gasteiger partial charge in [0.25, 0.3) is 0 Å². The Bertz CT molecular complexity index is 383. The lowest BCUT2D eigenvalue weighted by Gasteiger charge is -2.15. The summed E-state index contributed by atoms with van der Waals surface area (Å²) < 4.78 is 10.3. The van der Waals surface area contributed by atoms with E-state index in [1.54, 1.807) is 12.1 Å². The average molecular weight is 293 g/mol. The van der Waals surface area contributed by atoms with Crippen molar-refractivity contribution in [3.63, 3.8) is 0 Å². The second-order valence-corrected chi connectivity index (χ2v) is 4.72. The maximum Gasteiger partial charge on any atom is 0.179 e. The molecular formula is C13H18Cl2O3. The summed E-state index contributed by atoms with van der Waals surface area (Å²) in [4.78, 5) is 0. The van der Waals surface area contributed by atoms with Crippen LogP contribution in [0, 0.1) is 0 Å². The van der Waals surface area contributed by atoms with Crippen molar-refractivity contribution in [1.29, 1.82) is 0 Å². The van der Waals surface area contributed by atoms with Crippen LogP contribution in [-0.2, 0) is 0 Å². The van der Waals surface area contributed by atoms with Gasteiger partial charge in [-0.3, -0.25) is 0 Å². The molecule has 0 bridgehead atoms. The first-order valence-corrected chi connectivity index (χ1v) is 6.70. The van der Waals surface area contributed by atoms with Crippen molar-refractivity contribution in [3.05, 3.63) is 22.7 Å². The third kappa shape index (κ3) is 3.94. The van der Waals surface area contributed by atoms with Crippen LogP contribution < -0.4 is 9.47 Å². The fraction of sp³-hybridized carbons (Fsp3) is 0.538. The number of ether oxygens (including phenoxy) is 2. The van der Waals surface area contributed by atoms with Crippen LogP contribution in [0.1, 0.15) is 30.9 Å². The van der Waals surface area contributed by atoms with Crippen LogP contribution in [-0.4, -0.2) is 25.2 Å². The van der Waals surface area contributed by atoms with Crippen molar-refractivity contribution in [3.8, 4) is 11.5 Å². The number of halogens is 2. The molecule has 3 nitrogen and oxygen atoms in total. The molecule has 0 aliphatic heterocycles. The molecule has 0 aromatic heterocycles. The van der Waals surface area contributed by atoms with Crippen LogP contribution in [0.4, 0.5) is 0 Å². The second-order valence-electron chi connectivity index (χ2n) is 3.94. The minimum atomic E-state index is -0.564. The summed E-state index contributed by atoms with van der Waals surface area (Å²) in [5, 5.41) is 10.5. The van der Waals surface area contributed by atoms with E-state index in [0.29, 0.717) is 28.8 Å². The normalized spacial score (nSPS) is 12.3. The number of hydrogen-bond acceptors (Lipinski definition) is 3. The van der Waals surface area contributed by atoms with Gasteiger partial charge in [-0.05, 0) is 37.0 Å². The van der Waals surface area contributed by atoms with Crippen LogP contribution in [0.5, 0.6) is 11.5 Å². The Labute approximate surface area is 118 Å². The van der Waals surface area contributed by atoms with E-state index in [1.165, 1.54) is 14.2 Å². The van der Waals surface area contributed by atoms with Gasteiger partial charge < -0.3 is 14.6 Å². The molecule has 1 aromatic rings. The van der Waals surface area contributed by atoms with Crippen molar-refractivity contribution in [2.24, 2.45) is 0 Å². The zero-order valence-corrected chi connectivity index (χ0v) is 12.1. The van der Waals surface area contributed by atoms with Crippen molar-refractivity contribution in [2.45, 2.75) is 25.4 Å². The Morgan fingerprint density at radius 2 is 1.94 bits per heavy atom. The summed E-state index contributed by atoms with van der Waals surface area (Å²) in [7, 11) is 3.07. The monoisotopic (exact) mass is 292 g/mol. The molecule has 1 atom stereocenters. The zero-order chi connectivity index (χ0) is 13.5. The molecule has 0 aliphatic rings. The van der Waals surface area contributed by atoms with Crippen LogP contribution in [0.25, 0.3) is 0 Å². The number of unbranched alkanes of at least 4 members (excludes halogenated alkanes) is 1. The molecule has 1 rings (SSSR count). The Hall–Kier alpha value is -0.640. The molecule has 0 saturated heterocycles. The van der Waals surface area contributed by atoms with Crippen LogP contribution in [0.15, 0.2) is 12.1 Å².